The van der Waals surface area contributed by atoms with Crippen LogP contribution in [0.15, 0.2) is 30.3 Å². The molecule has 0 aliphatic rings. The number of ether oxygens (including phenoxy) is 1. The molecular weight excluding hydrogens is 340 g/mol. The van der Waals surface area contributed by atoms with E-state index in [0.29, 0.717) is 0 Å². The van der Waals surface area contributed by atoms with E-state index in [1.165, 1.54) is 6.92 Å². The van der Waals surface area contributed by atoms with Crippen molar-refractivity contribution in [3.8, 4) is 0 Å². The Labute approximate surface area is 152 Å². The zero-order valence-corrected chi connectivity index (χ0v) is 15.1. The molecule has 3 atom stereocenters. The minimum atomic E-state index is -1.24. The number of rotatable bonds is 8. The van der Waals surface area contributed by atoms with Gasteiger partial charge in [0.15, 0.2) is 0 Å². The van der Waals surface area contributed by atoms with Gasteiger partial charge >= 0.3 is 6.09 Å². The van der Waals surface area contributed by atoms with Crippen LogP contribution in [0.1, 0.15) is 26.3 Å². The second kappa shape index (κ2) is 10.4. The van der Waals surface area contributed by atoms with Crippen molar-refractivity contribution in [2.24, 2.45) is 11.8 Å². The van der Waals surface area contributed by atoms with Gasteiger partial charge in [0, 0.05) is 0 Å². The van der Waals surface area contributed by atoms with Crippen LogP contribution in [0.2, 0.25) is 0 Å². The third-order valence-corrected chi connectivity index (χ3v) is 3.64. The summed E-state index contributed by atoms with van der Waals surface area (Å²) in [6.45, 7) is 4.85. The van der Waals surface area contributed by atoms with Crippen LogP contribution in [0.4, 0.5) is 4.79 Å². The molecule has 1 aromatic carbocycles. The fourth-order valence-corrected chi connectivity index (χ4v) is 2.16. The summed E-state index contributed by atoms with van der Waals surface area (Å²) in [5.74, 6) is 3.38. The average Bonchev–Trinajstić information content (AvgIpc) is 2.61. The van der Waals surface area contributed by atoms with Gasteiger partial charge in [-0.3, -0.25) is 15.0 Å². The van der Waals surface area contributed by atoms with E-state index < -0.39 is 36.1 Å². The van der Waals surface area contributed by atoms with Gasteiger partial charge in [0.05, 0.1) is 6.10 Å². The Balaban J connectivity index is 2.67. The highest BCUT2D eigenvalue weighted by molar-refractivity contribution is 5.91. The van der Waals surface area contributed by atoms with Gasteiger partial charge in [0.2, 0.25) is 5.91 Å². The zero-order chi connectivity index (χ0) is 19.7. The standard InChI is InChI=1S/C17H26N4O5/c1-10(2)13(15(23)19-14(11(3)22)16(24)21-18)20-17(25)26-9-12-7-5-4-6-8-12/h4-8,10-11,13-14,22H,9,18H2,1-3H3,(H,19,23)(H,20,25)(H,21,24)/t11?,13-,14+/m1/s1. The molecule has 144 valence electrons. The van der Waals surface area contributed by atoms with Crippen LogP contribution >= 0.6 is 0 Å². The summed E-state index contributed by atoms with van der Waals surface area (Å²) >= 11 is 0. The Morgan fingerprint density at radius 2 is 1.65 bits per heavy atom. The van der Waals surface area contributed by atoms with Gasteiger partial charge in [-0.05, 0) is 18.4 Å². The van der Waals surface area contributed by atoms with Crippen LogP contribution in [0, 0.1) is 5.92 Å². The van der Waals surface area contributed by atoms with E-state index in [1.807, 2.05) is 23.6 Å². The molecule has 1 aromatic rings. The lowest BCUT2D eigenvalue weighted by Gasteiger charge is -2.25. The topological polar surface area (TPSA) is 143 Å². The van der Waals surface area contributed by atoms with Gasteiger partial charge in [-0.1, -0.05) is 44.2 Å². The van der Waals surface area contributed by atoms with E-state index >= 15 is 0 Å². The number of benzene rings is 1. The highest BCUT2D eigenvalue weighted by atomic mass is 16.5. The number of amides is 3. The fraction of sp³-hybridized carbons (Fsp3) is 0.471. The first-order valence-electron chi connectivity index (χ1n) is 8.22. The smallest absolute Gasteiger partial charge is 0.408 e. The number of nitrogens with one attached hydrogen (secondary N) is 3. The summed E-state index contributed by atoms with van der Waals surface area (Å²) in [7, 11) is 0. The third-order valence-electron chi connectivity index (χ3n) is 3.64. The minimum absolute atomic E-state index is 0.0605. The maximum absolute atomic E-state index is 12.4. The van der Waals surface area contributed by atoms with Gasteiger partial charge in [-0.2, -0.15) is 0 Å². The molecule has 0 aliphatic carbocycles. The summed E-state index contributed by atoms with van der Waals surface area (Å²) in [6.07, 6.45) is -1.93. The highest BCUT2D eigenvalue weighted by Gasteiger charge is 2.31. The SMILES string of the molecule is CC(O)[C@H](NC(=O)[C@H](NC(=O)OCc1ccccc1)C(C)C)C(=O)NN. The van der Waals surface area contributed by atoms with Crippen LogP contribution in [-0.4, -0.2) is 41.2 Å². The van der Waals surface area contributed by atoms with Crippen molar-refractivity contribution in [2.45, 2.75) is 45.6 Å². The first kappa shape index (κ1) is 21.4. The lowest BCUT2D eigenvalue weighted by atomic mass is 10.0. The monoisotopic (exact) mass is 366 g/mol. The molecule has 3 amide bonds. The van der Waals surface area contributed by atoms with Crippen LogP contribution in [0.3, 0.4) is 0 Å². The molecule has 0 bridgehead atoms. The Morgan fingerprint density at radius 3 is 2.15 bits per heavy atom. The number of hydrogen-bond donors (Lipinski definition) is 5. The molecule has 0 saturated heterocycles. The quantitative estimate of drug-likeness (QED) is 0.245. The molecule has 9 heteroatoms. The molecule has 0 spiro atoms. The second-order valence-corrected chi connectivity index (χ2v) is 6.16. The molecule has 0 aromatic heterocycles. The maximum Gasteiger partial charge on any atom is 0.408 e. The van der Waals surface area contributed by atoms with Crippen LogP contribution < -0.4 is 21.9 Å². The summed E-state index contributed by atoms with van der Waals surface area (Å²) < 4.78 is 5.10. The molecule has 9 nitrogen and oxygen atoms in total. The van der Waals surface area contributed by atoms with Gasteiger partial charge in [0.25, 0.3) is 5.91 Å². The van der Waals surface area contributed by atoms with Gasteiger partial charge in [-0.15, -0.1) is 0 Å². The number of carbonyl (C=O) groups is 3. The van der Waals surface area contributed by atoms with Crippen molar-refractivity contribution in [2.75, 3.05) is 0 Å². The van der Waals surface area contributed by atoms with E-state index in [0.717, 1.165) is 5.56 Å². The number of carbonyl (C=O) groups excluding carboxylic acids is 3. The first-order valence-corrected chi connectivity index (χ1v) is 8.22. The molecule has 0 fully saturated rings. The van der Waals surface area contributed by atoms with Crippen molar-refractivity contribution in [3.05, 3.63) is 35.9 Å². The molecule has 0 heterocycles. The summed E-state index contributed by atoms with van der Waals surface area (Å²) in [5, 5.41) is 14.5. The number of aliphatic hydroxyl groups excluding tert-OH is 1. The average molecular weight is 366 g/mol. The van der Waals surface area contributed by atoms with Crippen molar-refractivity contribution in [3.63, 3.8) is 0 Å². The van der Waals surface area contributed by atoms with E-state index in [1.54, 1.807) is 26.0 Å². The molecule has 26 heavy (non-hydrogen) atoms. The number of alkyl carbamates (subject to hydrolysis) is 1. The van der Waals surface area contributed by atoms with Crippen molar-refractivity contribution < 1.29 is 24.2 Å². The molecule has 0 aliphatic heterocycles. The number of hydrogen-bond acceptors (Lipinski definition) is 6. The number of hydrazine groups is 1. The maximum atomic E-state index is 12.4. The lowest BCUT2D eigenvalue weighted by Crippen LogP contribution is -2.59. The fourth-order valence-electron chi connectivity index (χ4n) is 2.16. The predicted octanol–water partition coefficient (Wildman–Crippen LogP) is -0.207. The minimum Gasteiger partial charge on any atom is -0.445 e. The first-order chi connectivity index (χ1) is 12.3. The van der Waals surface area contributed by atoms with E-state index in [2.05, 4.69) is 10.6 Å². The van der Waals surface area contributed by atoms with Gasteiger partial charge in [-0.25, -0.2) is 10.6 Å². The molecule has 0 radical (unpaired) electrons. The van der Waals surface area contributed by atoms with E-state index in [9.17, 15) is 19.5 Å². The molecule has 0 saturated carbocycles. The Bertz CT molecular complexity index is 606. The van der Waals surface area contributed by atoms with Crippen molar-refractivity contribution in [1.82, 2.24) is 16.1 Å². The lowest BCUT2D eigenvalue weighted by molar-refractivity contribution is -0.133. The Hall–Kier alpha value is -2.65. The summed E-state index contributed by atoms with van der Waals surface area (Å²) in [4.78, 5) is 36.0. The Morgan fingerprint density at radius 1 is 1.04 bits per heavy atom. The molecule has 1 unspecified atom stereocenters. The summed E-state index contributed by atoms with van der Waals surface area (Å²) in [5.41, 5.74) is 2.68. The molecule has 6 N–H and O–H groups in total. The van der Waals surface area contributed by atoms with Crippen molar-refractivity contribution >= 4 is 17.9 Å². The van der Waals surface area contributed by atoms with E-state index in [-0.39, 0.29) is 12.5 Å². The highest BCUT2D eigenvalue weighted by Crippen LogP contribution is 2.06. The third kappa shape index (κ3) is 6.69. The number of nitrogens with two attached hydrogens (primary N) is 1. The summed E-state index contributed by atoms with van der Waals surface area (Å²) in [6, 6.07) is 6.90. The van der Waals surface area contributed by atoms with Crippen molar-refractivity contribution in [1.29, 1.82) is 0 Å². The molecular formula is C17H26N4O5. The zero-order valence-electron chi connectivity index (χ0n) is 15.1. The van der Waals surface area contributed by atoms with Crippen LogP contribution in [0.25, 0.3) is 0 Å². The number of aliphatic hydroxyl groups is 1. The van der Waals surface area contributed by atoms with E-state index in [4.69, 9.17) is 10.6 Å². The molecule has 1 rings (SSSR count). The van der Waals surface area contributed by atoms with Gasteiger partial charge in [0.1, 0.15) is 18.7 Å². The second-order valence-electron chi connectivity index (χ2n) is 6.16. The Kier molecular flexibility index (Phi) is 8.53. The predicted molar refractivity (Wildman–Crippen MR) is 94.3 cm³/mol. The van der Waals surface area contributed by atoms with Gasteiger partial charge < -0.3 is 20.5 Å². The van der Waals surface area contributed by atoms with Crippen LogP contribution in [-0.2, 0) is 20.9 Å². The van der Waals surface area contributed by atoms with Crippen LogP contribution in [0.5, 0.6) is 0 Å². The largest absolute Gasteiger partial charge is 0.445 e. The normalized spacial score (nSPS) is 14.1.